The van der Waals surface area contributed by atoms with Crippen LogP contribution >= 0.6 is 0 Å². The van der Waals surface area contributed by atoms with Gasteiger partial charge in [0.1, 0.15) is 6.04 Å². The molecule has 0 spiro atoms. The summed E-state index contributed by atoms with van der Waals surface area (Å²) >= 11 is 0. The van der Waals surface area contributed by atoms with Crippen molar-refractivity contribution in [2.24, 2.45) is 0 Å². The van der Waals surface area contributed by atoms with E-state index in [0.717, 1.165) is 21.4 Å². The van der Waals surface area contributed by atoms with Gasteiger partial charge >= 0.3 is 5.97 Å². The van der Waals surface area contributed by atoms with Crippen molar-refractivity contribution in [2.45, 2.75) is 31.7 Å². The van der Waals surface area contributed by atoms with Crippen LogP contribution in [0.5, 0.6) is 0 Å². The molecule has 2 heterocycles. The minimum Gasteiger partial charge on any atom is -0.480 e. The fraction of sp³-hybridized carbons (Fsp3) is 0.312. The van der Waals surface area contributed by atoms with Gasteiger partial charge in [0.25, 0.3) is 0 Å². The Morgan fingerprint density at radius 2 is 1.91 bits per heavy atom. The summed E-state index contributed by atoms with van der Waals surface area (Å²) in [7, 11) is 0. The lowest BCUT2D eigenvalue weighted by Gasteiger charge is -2.30. The van der Waals surface area contributed by atoms with Crippen LogP contribution in [-0.2, 0) is 20.8 Å². The zero-order valence-electron chi connectivity index (χ0n) is 11.9. The van der Waals surface area contributed by atoms with Crippen molar-refractivity contribution in [3.63, 3.8) is 0 Å². The number of fused-ring (bicyclic) bond motifs is 1. The zero-order chi connectivity index (χ0) is 15.7. The predicted octanol–water partition coefficient (Wildman–Crippen LogP) is 1.70. The highest BCUT2D eigenvalue weighted by molar-refractivity contribution is 6.01. The number of aromatic nitrogens is 1. The standard InChI is InChI=1S/C16H16N2O4/c19-14-6-3-7-15(20)18(14)13(16(21)22)8-10-9-17-12-5-2-1-4-11(10)12/h1-2,4-5,9,13,17H,3,6-8H2,(H,21,22). The number of H-pyrrole nitrogens is 1. The number of benzene rings is 1. The van der Waals surface area contributed by atoms with Crippen molar-refractivity contribution in [1.29, 1.82) is 0 Å². The minimum atomic E-state index is -1.16. The van der Waals surface area contributed by atoms with Crippen LogP contribution in [0.4, 0.5) is 0 Å². The maximum atomic E-state index is 12.0. The molecule has 1 saturated heterocycles. The number of para-hydroxylation sites is 1. The largest absolute Gasteiger partial charge is 0.480 e. The molecule has 0 saturated carbocycles. The van der Waals surface area contributed by atoms with Crippen LogP contribution in [0.1, 0.15) is 24.8 Å². The third-order valence-electron chi connectivity index (χ3n) is 4.00. The zero-order valence-corrected chi connectivity index (χ0v) is 11.9. The molecule has 2 aromatic rings. The highest BCUT2D eigenvalue weighted by Crippen LogP contribution is 2.23. The average molecular weight is 300 g/mol. The fourth-order valence-corrected chi connectivity index (χ4v) is 2.92. The Kier molecular flexibility index (Phi) is 3.66. The SMILES string of the molecule is O=C(O)C(Cc1c[nH]c2ccccc12)N1C(=O)CCCC1=O. The Balaban J connectivity index is 1.93. The third-order valence-corrected chi connectivity index (χ3v) is 4.00. The van der Waals surface area contributed by atoms with Gasteiger partial charge in [-0.05, 0) is 18.1 Å². The second-order valence-corrected chi connectivity index (χ2v) is 5.43. The lowest BCUT2D eigenvalue weighted by Crippen LogP contribution is -2.51. The number of nitrogens with zero attached hydrogens (tertiary/aromatic N) is 1. The van der Waals surface area contributed by atoms with Crippen LogP contribution in [0.15, 0.2) is 30.5 Å². The Bertz CT molecular complexity index is 733. The van der Waals surface area contributed by atoms with Gasteiger partial charge in [0.15, 0.2) is 0 Å². The van der Waals surface area contributed by atoms with Crippen LogP contribution < -0.4 is 0 Å². The molecular weight excluding hydrogens is 284 g/mol. The van der Waals surface area contributed by atoms with Gasteiger partial charge in [0.2, 0.25) is 11.8 Å². The van der Waals surface area contributed by atoms with Gasteiger partial charge < -0.3 is 10.1 Å². The van der Waals surface area contributed by atoms with E-state index in [1.54, 1.807) is 6.20 Å². The lowest BCUT2D eigenvalue weighted by atomic mass is 10.0. The number of carbonyl (C=O) groups is 3. The van der Waals surface area contributed by atoms with Gasteiger partial charge in [-0.1, -0.05) is 18.2 Å². The molecule has 22 heavy (non-hydrogen) atoms. The number of hydrogen-bond acceptors (Lipinski definition) is 3. The predicted molar refractivity (Wildman–Crippen MR) is 79.1 cm³/mol. The normalized spacial score (nSPS) is 17.0. The first kappa shape index (κ1) is 14.3. The van der Waals surface area contributed by atoms with Crippen LogP contribution in [0, 0.1) is 0 Å². The highest BCUT2D eigenvalue weighted by Gasteiger charge is 2.37. The molecule has 1 aliphatic rings. The quantitative estimate of drug-likeness (QED) is 0.841. The number of piperidine rings is 1. The fourth-order valence-electron chi connectivity index (χ4n) is 2.92. The van der Waals surface area contributed by atoms with Crippen molar-refractivity contribution in [3.8, 4) is 0 Å². The molecule has 6 nitrogen and oxygen atoms in total. The number of hydrogen-bond donors (Lipinski definition) is 2. The number of carboxylic acids is 1. The number of aliphatic carboxylic acids is 1. The molecule has 0 radical (unpaired) electrons. The van der Waals surface area contributed by atoms with Crippen LogP contribution in [0.2, 0.25) is 0 Å². The number of nitrogens with one attached hydrogen (secondary N) is 1. The number of carboxylic acid groups (broad SMARTS) is 1. The van der Waals surface area contributed by atoms with Gasteiger partial charge in [-0.3, -0.25) is 14.5 Å². The number of aromatic amines is 1. The summed E-state index contributed by atoms with van der Waals surface area (Å²) in [6.45, 7) is 0. The molecule has 6 heteroatoms. The van der Waals surface area contributed by atoms with Crippen molar-refractivity contribution < 1.29 is 19.5 Å². The van der Waals surface area contributed by atoms with Gasteiger partial charge in [0.05, 0.1) is 0 Å². The summed E-state index contributed by atoms with van der Waals surface area (Å²) in [5.74, 6) is -1.96. The summed E-state index contributed by atoms with van der Waals surface area (Å²) in [6.07, 6.45) is 2.79. The van der Waals surface area contributed by atoms with E-state index >= 15 is 0 Å². The highest BCUT2D eigenvalue weighted by atomic mass is 16.4. The summed E-state index contributed by atoms with van der Waals surface area (Å²) in [5.41, 5.74) is 1.69. The van der Waals surface area contributed by atoms with E-state index in [-0.39, 0.29) is 19.3 Å². The molecule has 1 aromatic heterocycles. The average Bonchev–Trinajstić information content (AvgIpc) is 2.89. The molecule has 0 bridgehead atoms. The number of carbonyl (C=O) groups excluding carboxylic acids is 2. The van der Waals surface area contributed by atoms with Gasteiger partial charge in [-0.25, -0.2) is 4.79 Å². The molecule has 114 valence electrons. The molecule has 1 aliphatic heterocycles. The maximum absolute atomic E-state index is 12.0. The van der Waals surface area contributed by atoms with E-state index in [1.807, 2.05) is 24.3 Å². The van der Waals surface area contributed by atoms with Crippen molar-refractivity contribution in [2.75, 3.05) is 0 Å². The van der Waals surface area contributed by atoms with Crippen LogP contribution in [0.3, 0.4) is 0 Å². The van der Waals surface area contributed by atoms with Gasteiger partial charge in [0, 0.05) is 36.4 Å². The van der Waals surface area contributed by atoms with E-state index in [9.17, 15) is 19.5 Å². The number of rotatable bonds is 4. The minimum absolute atomic E-state index is 0.108. The summed E-state index contributed by atoms with van der Waals surface area (Å²) < 4.78 is 0. The summed E-state index contributed by atoms with van der Waals surface area (Å²) in [4.78, 5) is 39.5. The Labute approximate surface area is 126 Å². The number of imide groups is 1. The Morgan fingerprint density at radius 3 is 2.59 bits per heavy atom. The van der Waals surface area contributed by atoms with E-state index < -0.39 is 23.8 Å². The van der Waals surface area contributed by atoms with E-state index in [1.165, 1.54) is 0 Å². The molecule has 2 N–H and O–H groups in total. The van der Waals surface area contributed by atoms with Gasteiger partial charge in [-0.15, -0.1) is 0 Å². The van der Waals surface area contributed by atoms with Crippen LogP contribution in [-0.4, -0.2) is 38.8 Å². The smallest absolute Gasteiger partial charge is 0.327 e. The molecule has 1 atom stereocenters. The van der Waals surface area contributed by atoms with E-state index in [0.29, 0.717) is 6.42 Å². The molecular formula is C16H16N2O4. The monoisotopic (exact) mass is 300 g/mol. The molecule has 1 fully saturated rings. The summed E-state index contributed by atoms with van der Waals surface area (Å²) in [6, 6.07) is 6.38. The molecule has 3 rings (SSSR count). The Hall–Kier alpha value is -2.63. The van der Waals surface area contributed by atoms with Crippen molar-refractivity contribution in [3.05, 3.63) is 36.0 Å². The maximum Gasteiger partial charge on any atom is 0.327 e. The molecule has 2 amide bonds. The van der Waals surface area contributed by atoms with E-state index in [4.69, 9.17) is 0 Å². The molecule has 1 unspecified atom stereocenters. The molecule has 0 aliphatic carbocycles. The first-order valence-corrected chi connectivity index (χ1v) is 7.20. The first-order chi connectivity index (χ1) is 10.6. The third kappa shape index (κ3) is 2.47. The second-order valence-electron chi connectivity index (χ2n) is 5.43. The Morgan fingerprint density at radius 1 is 1.23 bits per heavy atom. The van der Waals surface area contributed by atoms with Crippen LogP contribution in [0.25, 0.3) is 10.9 Å². The number of likely N-dealkylation sites (tertiary alicyclic amines) is 1. The van der Waals surface area contributed by atoms with Crippen molar-refractivity contribution >= 4 is 28.7 Å². The summed E-state index contributed by atoms with van der Waals surface area (Å²) in [5, 5.41) is 10.4. The second kappa shape index (κ2) is 5.63. The van der Waals surface area contributed by atoms with E-state index in [2.05, 4.69) is 4.98 Å². The van der Waals surface area contributed by atoms with Gasteiger partial charge in [-0.2, -0.15) is 0 Å². The number of amides is 2. The first-order valence-electron chi connectivity index (χ1n) is 7.20. The van der Waals surface area contributed by atoms with Crippen molar-refractivity contribution in [1.82, 2.24) is 9.88 Å². The topological polar surface area (TPSA) is 90.5 Å². The molecule has 1 aromatic carbocycles. The lowest BCUT2D eigenvalue weighted by molar-refractivity contribution is -0.160.